The van der Waals surface area contributed by atoms with Crippen molar-refractivity contribution in [1.82, 2.24) is 0 Å². The Bertz CT molecular complexity index is 1560. The Morgan fingerprint density at radius 3 is 0.928 bits per heavy atom. The molecule has 0 aromatic carbocycles. The molecule has 386 valence electrons. The monoisotopic (exact) mass is 951 g/mol. The van der Waals surface area contributed by atoms with Crippen LogP contribution in [0.5, 0.6) is 0 Å². The highest BCUT2D eigenvalue weighted by Crippen LogP contribution is 2.11. The first kappa shape index (κ1) is 64.3. The molecule has 0 aromatic heterocycles. The molecule has 0 saturated carbocycles. The number of rotatable bonds is 47. The lowest BCUT2D eigenvalue weighted by atomic mass is 10.1. The molecular weight excluding hydrogens is 853 g/mol. The highest BCUT2D eigenvalue weighted by molar-refractivity contribution is 5.71. The highest BCUT2D eigenvalue weighted by Gasteiger charge is 2.19. The maximum atomic E-state index is 12.8. The van der Waals surface area contributed by atoms with Crippen molar-refractivity contribution in [2.45, 2.75) is 219 Å². The van der Waals surface area contributed by atoms with E-state index in [1.54, 1.807) is 0 Å². The molecule has 0 bridgehead atoms. The molecule has 0 aliphatic rings. The van der Waals surface area contributed by atoms with Crippen LogP contribution in [0.3, 0.4) is 0 Å². The fraction of sp³-hybridized carbons (Fsp3) is 0.571. The lowest BCUT2D eigenvalue weighted by Crippen LogP contribution is -2.30. The lowest BCUT2D eigenvalue weighted by molar-refractivity contribution is -0.167. The van der Waals surface area contributed by atoms with Crippen molar-refractivity contribution < 1.29 is 28.6 Å². The van der Waals surface area contributed by atoms with Crippen LogP contribution >= 0.6 is 0 Å². The number of hydrogen-bond acceptors (Lipinski definition) is 6. The molecule has 0 aliphatic heterocycles. The van der Waals surface area contributed by atoms with Gasteiger partial charge in [-0.05, 0) is 135 Å². The average molecular weight is 951 g/mol. The van der Waals surface area contributed by atoms with Gasteiger partial charge in [-0.3, -0.25) is 14.4 Å². The summed E-state index contributed by atoms with van der Waals surface area (Å²) in [5, 5.41) is 0. The topological polar surface area (TPSA) is 78.9 Å². The van der Waals surface area contributed by atoms with Gasteiger partial charge in [-0.1, -0.05) is 205 Å². The molecule has 0 N–H and O–H groups in total. The van der Waals surface area contributed by atoms with E-state index in [-0.39, 0.29) is 38.0 Å². The zero-order chi connectivity index (χ0) is 50.0. The number of ether oxygens (including phenoxy) is 3. The Kier molecular flexibility index (Phi) is 52.1. The summed E-state index contributed by atoms with van der Waals surface area (Å²) < 4.78 is 16.7. The second kappa shape index (κ2) is 55.9. The lowest BCUT2D eigenvalue weighted by Gasteiger charge is -2.18. The molecule has 0 heterocycles. The molecule has 6 nitrogen and oxygen atoms in total. The predicted octanol–water partition coefficient (Wildman–Crippen LogP) is 18.4. The van der Waals surface area contributed by atoms with E-state index in [4.69, 9.17) is 14.2 Å². The average Bonchev–Trinajstić information content (AvgIpc) is 3.35. The van der Waals surface area contributed by atoms with E-state index in [2.05, 4.69) is 167 Å². The quantitative estimate of drug-likeness (QED) is 0.0262. The smallest absolute Gasteiger partial charge is 0.306 e. The summed E-state index contributed by atoms with van der Waals surface area (Å²) in [5.74, 6) is -1.08. The van der Waals surface area contributed by atoms with Crippen LogP contribution < -0.4 is 0 Å². The minimum absolute atomic E-state index is 0.135. The van der Waals surface area contributed by atoms with Crippen molar-refractivity contribution in [3.63, 3.8) is 0 Å². The summed E-state index contributed by atoms with van der Waals surface area (Å²) in [5.41, 5.74) is 0. The third-order valence-electron chi connectivity index (χ3n) is 10.8. The van der Waals surface area contributed by atoms with Crippen LogP contribution in [0.2, 0.25) is 0 Å². The van der Waals surface area contributed by atoms with Gasteiger partial charge in [0.05, 0.1) is 0 Å². The third-order valence-corrected chi connectivity index (χ3v) is 10.8. The van der Waals surface area contributed by atoms with Crippen LogP contribution in [0.15, 0.2) is 146 Å². The maximum Gasteiger partial charge on any atom is 0.306 e. The molecule has 0 radical (unpaired) electrons. The van der Waals surface area contributed by atoms with E-state index < -0.39 is 12.1 Å². The van der Waals surface area contributed by atoms with Crippen LogP contribution in [0.4, 0.5) is 0 Å². The normalized spacial score (nSPS) is 13.3. The van der Waals surface area contributed by atoms with Gasteiger partial charge in [0.15, 0.2) is 6.10 Å². The number of carbonyl (C=O) groups is 3. The van der Waals surface area contributed by atoms with Crippen LogP contribution in [-0.2, 0) is 28.6 Å². The molecule has 0 saturated heterocycles. The van der Waals surface area contributed by atoms with Crippen LogP contribution in [-0.4, -0.2) is 37.2 Å². The summed E-state index contributed by atoms with van der Waals surface area (Å²) in [6.07, 6.45) is 79.8. The standard InChI is InChI=1S/C63H98O6/c1-4-7-10-13-16-19-22-25-28-31-34-37-40-43-46-49-52-55-61(64)67-58-60(69-63(66)57-54-51-48-45-42-39-36-33-30-27-24-21-18-15-12-9-6-3)59-68-62(65)56-53-50-47-44-41-38-35-32-29-26-23-20-17-14-11-8-5-2/h7,10,16-21,25-30,34-39,43,45-46,48,60H,4-6,8-9,11-15,22-24,31-33,40-42,44,47,49-59H2,1-3H3/b10-7-,19-16-,20-17-,21-18-,28-25-,29-26-,30-27-,37-34-,38-35-,39-36-,46-43-,48-45-/t60-/m0/s1. The van der Waals surface area contributed by atoms with Crippen molar-refractivity contribution in [2.75, 3.05) is 13.2 Å². The molecule has 0 rings (SSSR count). The molecule has 0 spiro atoms. The van der Waals surface area contributed by atoms with Crippen molar-refractivity contribution in [3.05, 3.63) is 146 Å². The van der Waals surface area contributed by atoms with E-state index in [9.17, 15) is 14.4 Å². The van der Waals surface area contributed by atoms with Crippen LogP contribution in [0, 0.1) is 0 Å². The first-order chi connectivity index (χ1) is 34.0. The second-order valence-electron chi connectivity index (χ2n) is 17.4. The van der Waals surface area contributed by atoms with Crippen LogP contribution in [0.1, 0.15) is 213 Å². The molecule has 0 unspecified atom stereocenters. The van der Waals surface area contributed by atoms with Gasteiger partial charge in [-0.25, -0.2) is 0 Å². The summed E-state index contributed by atoms with van der Waals surface area (Å²) in [4.78, 5) is 38.1. The van der Waals surface area contributed by atoms with E-state index in [1.165, 1.54) is 51.4 Å². The van der Waals surface area contributed by atoms with Crippen molar-refractivity contribution in [1.29, 1.82) is 0 Å². The third kappa shape index (κ3) is 54.1. The minimum atomic E-state index is -0.846. The summed E-state index contributed by atoms with van der Waals surface area (Å²) >= 11 is 0. The number of esters is 3. The van der Waals surface area contributed by atoms with Gasteiger partial charge in [0.2, 0.25) is 0 Å². The van der Waals surface area contributed by atoms with E-state index >= 15 is 0 Å². The molecule has 1 atom stereocenters. The number of allylic oxidation sites excluding steroid dienone is 24. The van der Waals surface area contributed by atoms with Crippen LogP contribution in [0.25, 0.3) is 0 Å². The van der Waals surface area contributed by atoms with Gasteiger partial charge in [-0.15, -0.1) is 0 Å². The van der Waals surface area contributed by atoms with Crippen molar-refractivity contribution in [3.8, 4) is 0 Å². The Morgan fingerprint density at radius 1 is 0.304 bits per heavy atom. The van der Waals surface area contributed by atoms with Crippen molar-refractivity contribution >= 4 is 17.9 Å². The van der Waals surface area contributed by atoms with E-state index in [0.717, 1.165) is 109 Å². The zero-order valence-electron chi connectivity index (χ0n) is 44.0. The molecule has 0 aliphatic carbocycles. The molecular formula is C63H98O6. The molecule has 6 heteroatoms. The number of hydrogen-bond donors (Lipinski definition) is 0. The summed E-state index contributed by atoms with van der Waals surface area (Å²) in [6, 6.07) is 0. The van der Waals surface area contributed by atoms with Gasteiger partial charge in [0.1, 0.15) is 13.2 Å². The van der Waals surface area contributed by atoms with Crippen molar-refractivity contribution in [2.24, 2.45) is 0 Å². The zero-order valence-corrected chi connectivity index (χ0v) is 44.0. The molecule has 0 aromatic rings. The van der Waals surface area contributed by atoms with E-state index in [1.807, 2.05) is 0 Å². The summed E-state index contributed by atoms with van der Waals surface area (Å²) in [6.45, 7) is 6.33. The summed E-state index contributed by atoms with van der Waals surface area (Å²) in [7, 11) is 0. The largest absolute Gasteiger partial charge is 0.462 e. The fourth-order valence-corrected chi connectivity index (χ4v) is 6.71. The number of unbranched alkanes of at least 4 members (excludes halogenated alkanes) is 12. The fourth-order valence-electron chi connectivity index (χ4n) is 6.71. The van der Waals surface area contributed by atoms with E-state index in [0.29, 0.717) is 19.3 Å². The SMILES string of the molecule is CC/C=C\C/C=C\C/C=C\C/C=C\C/C=C\CCCC(=O)OC[C@@H](COC(=O)CCCCCC/C=C\C/C=C\C/C=C\CCCCC)OC(=O)CCC/C=C\C/C=C\C/C=C\C/C=C\CCCCC. The highest BCUT2D eigenvalue weighted by atomic mass is 16.6. The number of carbonyl (C=O) groups excluding carboxylic acids is 3. The first-order valence-corrected chi connectivity index (χ1v) is 27.3. The second-order valence-corrected chi connectivity index (χ2v) is 17.4. The van der Waals surface area contributed by atoms with Gasteiger partial charge in [-0.2, -0.15) is 0 Å². The predicted molar refractivity (Wildman–Crippen MR) is 297 cm³/mol. The molecule has 69 heavy (non-hydrogen) atoms. The Hall–Kier alpha value is -4.71. The molecule has 0 fully saturated rings. The molecule has 0 amide bonds. The van der Waals surface area contributed by atoms with Gasteiger partial charge in [0, 0.05) is 19.3 Å². The Labute approximate surface area is 423 Å². The van der Waals surface area contributed by atoms with Gasteiger partial charge < -0.3 is 14.2 Å². The minimum Gasteiger partial charge on any atom is -0.462 e. The van der Waals surface area contributed by atoms with Gasteiger partial charge in [0.25, 0.3) is 0 Å². The Morgan fingerprint density at radius 2 is 0.580 bits per heavy atom. The Balaban J connectivity index is 4.64. The maximum absolute atomic E-state index is 12.8. The van der Waals surface area contributed by atoms with Gasteiger partial charge >= 0.3 is 17.9 Å². The first-order valence-electron chi connectivity index (χ1n) is 27.3.